The van der Waals surface area contributed by atoms with Crippen molar-refractivity contribution in [2.75, 3.05) is 32.7 Å². The normalized spacial score (nSPS) is 25.1. The predicted molar refractivity (Wildman–Crippen MR) is 106 cm³/mol. The summed E-state index contributed by atoms with van der Waals surface area (Å²) in [5, 5.41) is 10.7. The van der Waals surface area contributed by atoms with E-state index in [1.807, 2.05) is 0 Å². The standard InChI is InChI=1S/C23H29FN2O/c24-21-9-6-19(7-10-21)23(27)20-8-11-22-17-25(14-15-26(22)16-20)13-12-18-4-2-1-3-5-18/h1-7,9-10,20,22-23,27H,8,11-17H2/t20-,22-,23?/m1/s1. The van der Waals surface area contributed by atoms with E-state index in [0.29, 0.717) is 6.04 Å². The van der Waals surface area contributed by atoms with Gasteiger partial charge in [-0.15, -0.1) is 0 Å². The average molecular weight is 368 g/mol. The molecule has 2 aromatic carbocycles. The van der Waals surface area contributed by atoms with Gasteiger partial charge in [-0.2, -0.15) is 0 Å². The zero-order valence-electron chi connectivity index (χ0n) is 15.8. The van der Waals surface area contributed by atoms with Crippen molar-refractivity contribution in [1.82, 2.24) is 9.80 Å². The highest BCUT2D eigenvalue weighted by Gasteiger charge is 2.35. The first-order valence-corrected chi connectivity index (χ1v) is 10.1. The van der Waals surface area contributed by atoms with Crippen molar-refractivity contribution < 1.29 is 9.50 Å². The second kappa shape index (κ2) is 8.51. The number of hydrogen-bond acceptors (Lipinski definition) is 3. The van der Waals surface area contributed by atoms with Crippen molar-refractivity contribution in [2.45, 2.75) is 31.4 Å². The summed E-state index contributed by atoms with van der Waals surface area (Å²) in [5.74, 6) is -0.0103. The zero-order chi connectivity index (χ0) is 18.6. The van der Waals surface area contributed by atoms with Gasteiger partial charge in [0.25, 0.3) is 0 Å². The Morgan fingerprint density at radius 2 is 1.74 bits per heavy atom. The first-order chi connectivity index (χ1) is 13.2. The fourth-order valence-electron chi connectivity index (χ4n) is 4.60. The molecule has 2 fully saturated rings. The Hall–Kier alpha value is -1.75. The molecule has 27 heavy (non-hydrogen) atoms. The minimum Gasteiger partial charge on any atom is -0.388 e. The van der Waals surface area contributed by atoms with Gasteiger partial charge < -0.3 is 10.0 Å². The van der Waals surface area contributed by atoms with Crippen LogP contribution in [0, 0.1) is 11.7 Å². The van der Waals surface area contributed by atoms with Gasteiger partial charge in [-0.3, -0.25) is 4.90 Å². The van der Waals surface area contributed by atoms with E-state index < -0.39 is 6.10 Å². The topological polar surface area (TPSA) is 26.7 Å². The van der Waals surface area contributed by atoms with Gasteiger partial charge in [0.15, 0.2) is 0 Å². The van der Waals surface area contributed by atoms with Crippen molar-refractivity contribution in [3.8, 4) is 0 Å². The third-order valence-electron chi connectivity index (χ3n) is 6.25. The lowest BCUT2D eigenvalue weighted by atomic mass is 9.85. The quantitative estimate of drug-likeness (QED) is 0.875. The molecule has 0 bridgehead atoms. The third kappa shape index (κ3) is 4.57. The Kier molecular flexibility index (Phi) is 5.86. The molecule has 144 valence electrons. The molecule has 1 unspecified atom stereocenters. The van der Waals surface area contributed by atoms with Gasteiger partial charge in [-0.05, 0) is 42.5 Å². The number of piperazine rings is 1. The van der Waals surface area contributed by atoms with Gasteiger partial charge in [0.2, 0.25) is 0 Å². The number of piperidine rings is 1. The Balaban J connectivity index is 1.29. The van der Waals surface area contributed by atoms with Crippen molar-refractivity contribution in [2.24, 2.45) is 5.92 Å². The maximum absolute atomic E-state index is 13.1. The van der Waals surface area contributed by atoms with Crippen LogP contribution >= 0.6 is 0 Å². The van der Waals surface area contributed by atoms with Crippen LogP contribution in [0.2, 0.25) is 0 Å². The van der Waals surface area contributed by atoms with Crippen LogP contribution in [0.15, 0.2) is 54.6 Å². The Bertz CT molecular complexity index is 721. The Morgan fingerprint density at radius 1 is 0.963 bits per heavy atom. The molecule has 3 atom stereocenters. The highest BCUT2D eigenvalue weighted by atomic mass is 19.1. The maximum atomic E-state index is 13.1. The fraction of sp³-hybridized carbons (Fsp3) is 0.478. The van der Waals surface area contributed by atoms with Crippen LogP contribution in [0.5, 0.6) is 0 Å². The van der Waals surface area contributed by atoms with E-state index in [0.717, 1.165) is 57.5 Å². The van der Waals surface area contributed by atoms with E-state index in [4.69, 9.17) is 0 Å². The molecule has 0 radical (unpaired) electrons. The minimum atomic E-state index is -0.498. The summed E-state index contributed by atoms with van der Waals surface area (Å²) in [7, 11) is 0. The molecule has 0 saturated carbocycles. The summed E-state index contributed by atoms with van der Waals surface area (Å²) in [5.41, 5.74) is 2.24. The summed E-state index contributed by atoms with van der Waals surface area (Å²) in [6.07, 6.45) is 2.78. The number of rotatable bonds is 5. The van der Waals surface area contributed by atoms with Crippen LogP contribution in [-0.2, 0) is 6.42 Å². The Morgan fingerprint density at radius 3 is 2.52 bits per heavy atom. The van der Waals surface area contributed by atoms with E-state index >= 15 is 0 Å². The number of aliphatic hydroxyl groups excluding tert-OH is 1. The molecule has 3 nitrogen and oxygen atoms in total. The lowest BCUT2D eigenvalue weighted by molar-refractivity contribution is -0.0115. The summed E-state index contributed by atoms with van der Waals surface area (Å²) < 4.78 is 13.1. The fourth-order valence-corrected chi connectivity index (χ4v) is 4.60. The highest BCUT2D eigenvalue weighted by molar-refractivity contribution is 5.19. The van der Waals surface area contributed by atoms with Crippen LogP contribution < -0.4 is 0 Å². The van der Waals surface area contributed by atoms with Crippen LogP contribution in [0.3, 0.4) is 0 Å². The molecule has 2 saturated heterocycles. The number of halogens is 1. The summed E-state index contributed by atoms with van der Waals surface area (Å²) in [6, 6.07) is 17.6. The summed E-state index contributed by atoms with van der Waals surface area (Å²) in [6.45, 7) is 5.37. The third-order valence-corrected chi connectivity index (χ3v) is 6.25. The van der Waals surface area contributed by atoms with Gasteiger partial charge >= 0.3 is 0 Å². The van der Waals surface area contributed by atoms with Crippen molar-refractivity contribution >= 4 is 0 Å². The molecule has 0 spiro atoms. The predicted octanol–water partition coefficient (Wildman–Crippen LogP) is 3.50. The van der Waals surface area contributed by atoms with Gasteiger partial charge in [-0.25, -0.2) is 4.39 Å². The van der Waals surface area contributed by atoms with Crippen molar-refractivity contribution in [1.29, 1.82) is 0 Å². The molecule has 0 aliphatic carbocycles. The minimum absolute atomic E-state index is 0.238. The van der Waals surface area contributed by atoms with Crippen LogP contribution in [0.25, 0.3) is 0 Å². The number of fused-ring (bicyclic) bond motifs is 1. The SMILES string of the molecule is OC(c1ccc(F)cc1)[C@@H]1CC[C@@H]2CN(CCc3ccccc3)CCN2C1. The highest BCUT2D eigenvalue weighted by Crippen LogP contribution is 2.33. The number of hydrogen-bond donors (Lipinski definition) is 1. The maximum Gasteiger partial charge on any atom is 0.123 e. The number of benzene rings is 2. The van der Waals surface area contributed by atoms with E-state index in [2.05, 4.69) is 40.1 Å². The summed E-state index contributed by atoms with van der Waals surface area (Å²) in [4.78, 5) is 5.14. The molecule has 2 aromatic rings. The molecule has 4 heteroatoms. The first kappa shape index (κ1) is 18.6. The second-order valence-electron chi connectivity index (χ2n) is 8.02. The number of aliphatic hydroxyl groups is 1. The van der Waals surface area contributed by atoms with Gasteiger partial charge in [0, 0.05) is 44.7 Å². The molecular weight excluding hydrogens is 339 g/mol. The largest absolute Gasteiger partial charge is 0.388 e. The average Bonchev–Trinajstić information content (AvgIpc) is 2.72. The number of nitrogens with zero attached hydrogens (tertiary/aromatic N) is 2. The molecule has 2 aliphatic rings. The molecule has 4 rings (SSSR count). The van der Waals surface area contributed by atoms with E-state index in [-0.39, 0.29) is 11.7 Å². The second-order valence-corrected chi connectivity index (χ2v) is 8.02. The molecule has 2 heterocycles. The molecule has 1 N–H and O–H groups in total. The lowest BCUT2D eigenvalue weighted by Crippen LogP contribution is -2.57. The molecule has 0 aromatic heterocycles. The van der Waals surface area contributed by atoms with Gasteiger partial charge in [-0.1, -0.05) is 42.5 Å². The summed E-state index contributed by atoms with van der Waals surface area (Å²) >= 11 is 0. The van der Waals surface area contributed by atoms with Gasteiger partial charge in [0.05, 0.1) is 6.10 Å². The van der Waals surface area contributed by atoms with Crippen LogP contribution in [0.1, 0.15) is 30.1 Å². The van der Waals surface area contributed by atoms with Crippen LogP contribution in [-0.4, -0.2) is 53.7 Å². The zero-order valence-corrected chi connectivity index (χ0v) is 15.8. The van der Waals surface area contributed by atoms with E-state index in [9.17, 15) is 9.50 Å². The van der Waals surface area contributed by atoms with Crippen molar-refractivity contribution in [3.05, 3.63) is 71.5 Å². The van der Waals surface area contributed by atoms with E-state index in [1.165, 1.54) is 17.7 Å². The monoisotopic (exact) mass is 368 g/mol. The van der Waals surface area contributed by atoms with E-state index in [1.54, 1.807) is 12.1 Å². The lowest BCUT2D eigenvalue weighted by Gasteiger charge is -2.47. The van der Waals surface area contributed by atoms with Crippen molar-refractivity contribution in [3.63, 3.8) is 0 Å². The van der Waals surface area contributed by atoms with Gasteiger partial charge in [0.1, 0.15) is 5.82 Å². The van der Waals surface area contributed by atoms with Crippen LogP contribution in [0.4, 0.5) is 4.39 Å². The molecule has 0 amide bonds. The molecule has 2 aliphatic heterocycles. The molecular formula is C23H29FN2O. The first-order valence-electron chi connectivity index (χ1n) is 10.1. The Labute approximate surface area is 161 Å². The smallest absolute Gasteiger partial charge is 0.123 e.